The second-order valence-electron chi connectivity index (χ2n) is 5.75. The molecule has 2 saturated heterocycles. The van der Waals surface area contributed by atoms with E-state index >= 15 is 0 Å². The number of rotatable bonds is 5. The average molecular weight is 328 g/mol. The SMILES string of the molecule is CCC(=O)O.CCC(=O)OC(=O)C(N1CCCC1)N1CCCC1. The topological polar surface area (TPSA) is 87.1 Å². The number of hydrogen-bond donors (Lipinski definition) is 1. The summed E-state index contributed by atoms with van der Waals surface area (Å²) in [4.78, 5) is 37.1. The van der Waals surface area contributed by atoms with Crippen molar-refractivity contribution in [3.05, 3.63) is 0 Å². The van der Waals surface area contributed by atoms with Crippen LogP contribution in [0.5, 0.6) is 0 Å². The van der Waals surface area contributed by atoms with Gasteiger partial charge in [-0.15, -0.1) is 0 Å². The third-order valence-electron chi connectivity index (χ3n) is 3.99. The highest BCUT2D eigenvalue weighted by Crippen LogP contribution is 2.20. The molecule has 7 heteroatoms. The summed E-state index contributed by atoms with van der Waals surface area (Å²) in [5.74, 6) is -1.56. The predicted octanol–water partition coefficient (Wildman–Crippen LogP) is 1.46. The summed E-state index contributed by atoms with van der Waals surface area (Å²) in [7, 11) is 0. The van der Waals surface area contributed by atoms with Crippen LogP contribution in [0.25, 0.3) is 0 Å². The zero-order chi connectivity index (χ0) is 17.2. The minimum Gasteiger partial charge on any atom is -0.481 e. The van der Waals surface area contributed by atoms with Gasteiger partial charge in [-0.3, -0.25) is 19.4 Å². The Hall–Kier alpha value is -1.47. The minimum absolute atomic E-state index is 0.222. The molecule has 0 aromatic heterocycles. The number of esters is 2. The van der Waals surface area contributed by atoms with Gasteiger partial charge in [-0.25, -0.2) is 4.79 Å². The number of hydrogen-bond acceptors (Lipinski definition) is 6. The number of carbonyl (C=O) groups excluding carboxylic acids is 2. The molecule has 132 valence electrons. The number of ether oxygens (including phenoxy) is 1. The fourth-order valence-corrected chi connectivity index (χ4v) is 2.74. The van der Waals surface area contributed by atoms with Gasteiger partial charge in [-0.05, 0) is 25.7 Å². The quantitative estimate of drug-likeness (QED) is 0.604. The van der Waals surface area contributed by atoms with E-state index in [9.17, 15) is 14.4 Å². The van der Waals surface area contributed by atoms with E-state index in [1.165, 1.54) is 0 Å². The maximum atomic E-state index is 12.2. The van der Waals surface area contributed by atoms with Gasteiger partial charge < -0.3 is 9.84 Å². The molecule has 0 bridgehead atoms. The molecule has 2 aliphatic heterocycles. The molecule has 2 aliphatic rings. The first-order valence-corrected chi connectivity index (χ1v) is 8.44. The van der Waals surface area contributed by atoms with Crippen LogP contribution in [-0.4, -0.2) is 65.2 Å². The first kappa shape index (κ1) is 19.6. The van der Waals surface area contributed by atoms with Gasteiger partial charge in [-0.2, -0.15) is 0 Å². The van der Waals surface area contributed by atoms with Crippen LogP contribution in [-0.2, 0) is 19.1 Å². The van der Waals surface area contributed by atoms with Gasteiger partial charge in [-0.1, -0.05) is 13.8 Å². The Balaban J connectivity index is 0.000000463. The van der Waals surface area contributed by atoms with E-state index in [2.05, 4.69) is 9.80 Å². The standard InChI is InChI=1S/C13H22N2O3.C3H6O2/c1-2-11(16)18-13(17)12(14-7-3-4-8-14)15-9-5-6-10-15;1-2-3(4)5/h12H,2-10H2,1H3;2H2,1H3,(H,4,5). The number of aliphatic carboxylic acids is 1. The molecule has 0 spiro atoms. The van der Waals surface area contributed by atoms with Crippen LogP contribution < -0.4 is 0 Å². The van der Waals surface area contributed by atoms with Crippen LogP contribution in [0, 0.1) is 0 Å². The van der Waals surface area contributed by atoms with E-state index in [0.29, 0.717) is 0 Å². The molecule has 2 fully saturated rings. The van der Waals surface area contributed by atoms with Crippen LogP contribution in [0.15, 0.2) is 0 Å². The first-order chi connectivity index (χ1) is 11.0. The Labute approximate surface area is 137 Å². The normalized spacial score (nSPS) is 18.6. The summed E-state index contributed by atoms with van der Waals surface area (Å²) in [6.07, 6.45) is 4.63. The molecule has 23 heavy (non-hydrogen) atoms. The van der Waals surface area contributed by atoms with Gasteiger partial charge in [0.25, 0.3) is 0 Å². The lowest BCUT2D eigenvalue weighted by Gasteiger charge is -2.32. The summed E-state index contributed by atoms with van der Waals surface area (Å²) in [5.41, 5.74) is 0. The van der Waals surface area contributed by atoms with Gasteiger partial charge >= 0.3 is 17.9 Å². The van der Waals surface area contributed by atoms with Crippen molar-refractivity contribution in [3.63, 3.8) is 0 Å². The average Bonchev–Trinajstić information content (AvgIpc) is 3.22. The monoisotopic (exact) mass is 328 g/mol. The Bertz CT molecular complexity index is 385. The third kappa shape index (κ3) is 6.66. The number of carboxylic acids is 1. The molecular weight excluding hydrogens is 300 g/mol. The van der Waals surface area contributed by atoms with Gasteiger partial charge in [0.1, 0.15) is 0 Å². The van der Waals surface area contributed by atoms with Crippen molar-refractivity contribution < 1.29 is 24.2 Å². The van der Waals surface area contributed by atoms with Gasteiger partial charge in [0, 0.05) is 39.0 Å². The molecule has 0 aromatic rings. The van der Waals surface area contributed by atoms with E-state index in [-0.39, 0.29) is 25.0 Å². The third-order valence-corrected chi connectivity index (χ3v) is 3.99. The highest BCUT2D eigenvalue weighted by atomic mass is 16.6. The summed E-state index contributed by atoms with van der Waals surface area (Å²) in [6.45, 7) is 7.01. The van der Waals surface area contributed by atoms with E-state index in [1.807, 2.05) is 0 Å². The van der Waals surface area contributed by atoms with Crippen molar-refractivity contribution in [3.8, 4) is 0 Å². The van der Waals surface area contributed by atoms with Crippen molar-refractivity contribution in [2.24, 2.45) is 0 Å². The lowest BCUT2D eigenvalue weighted by atomic mass is 10.3. The van der Waals surface area contributed by atoms with Gasteiger partial charge in [0.05, 0.1) is 0 Å². The zero-order valence-corrected chi connectivity index (χ0v) is 14.1. The summed E-state index contributed by atoms with van der Waals surface area (Å²) in [5, 5.41) is 7.72. The second-order valence-corrected chi connectivity index (χ2v) is 5.75. The fourth-order valence-electron chi connectivity index (χ4n) is 2.74. The highest BCUT2D eigenvalue weighted by Gasteiger charge is 2.36. The van der Waals surface area contributed by atoms with E-state index < -0.39 is 11.9 Å². The Kier molecular flexibility index (Phi) is 8.79. The molecule has 0 aliphatic carbocycles. The lowest BCUT2D eigenvalue weighted by Crippen LogP contribution is -2.52. The van der Waals surface area contributed by atoms with E-state index in [4.69, 9.17) is 9.84 Å². The molecule has 2 heterocycles. The minimum atomic E-state index is -0.745. The predicted molar refractivity (Wildman–Crippen MR) is 84.7 cm³/mol. The molecule has 1 N–H and O–H groups in total. The van der Waals surface area contributed by atoms with Crippen LogP contribution in [0.4, 0.5) is 0 Å². The molecule has 0 unspecified atom stereocenters. The van der Waals surface area contributed by atoms with Crippen LogP contribution >= 0.6 is 0 Å². The number of likely N-dealkylation sites (tertiary alicyclic amines) is 2. The van der Waals surface area contributed by atoms with Crippen LogP contribution in [0.2, 0.25) is 0 Å². The summed E-state index contributed by atoms with van der Waals surface area (Å²) >= 11 is 0. The molecular formula is C16H28N2O5. The Morgan fingerprint density at radius 2 is 1.30 bits per heavy atom. The number of carboxylic acid groups (broad SMARTS) is 1. The van der Waals surface area contributed by atoms with Crippen molar-refractivity contribution in [1.82, 2.24) is 9.80 Å². The van der Waals surface area contributed by atoms with Gasteiger partial charge in [0.2, 0.25) is 0 Å². The van der Waals surface area contributed by atoms with Crippen LogP contribution in [0.3, 0.4) is 0 Å². The second kappa shape index (κ2) is 10.3. The van der Waals surface area contributed by atoms with Crippen molar-refractivity contribution >= 4 is 17.9 Å². The maximum Gasteiger partial charge on any atom is 0.346 e. The van der Waals surface area contributed by atoms with Crippen molar-refractivity contribution in [2.75, 3.05) is 26.2 Å². The smallest absolute Gasteiger partial charge is 0.346 e. The molecule has 0 radical (unpaired) electrons. The zero-order valence-electron chi connectivity index (χ0n) is 14.1. The Morgan fingerprint density at radius 1 is 0.913 bits per heavy atom. The molecule has 0 saturated carbocycles. The molecule has 0 amide bonds. The molecule has 0 aromatic carbocycles. The molecule has 2 rings (SSSR count). The van der Waals surface area contributed by atoms with Gasteiger partial charge in [0.15, 0.2) is 6.17 Å². The highest BCUT2D eigenvalue weighted by molar-refractivity contribution is 5.88. The largest absolute Gasteiger partial charge is 0.481 e. The maximum absolute atomic E-state index is 12.2. The lowest BCUT2D eigenvalue weighted by molar-refractivity contribution is -0.167. The fraction of sp³-hybridized carbons (Fsp3) is 0.812. The molecule has 7 nitrogen and oxygen atoms in total. The number of nitrogens with zero attached hydrogens (tertiary/aromatic N) is 2. The summed E-state index contributed by atoms with van der Waals surface area (Å²) < 4.78 is 4.93. The van der Waals surface area contributed by atoms with E-state index in [1.54, 1.807) is 13.8 Å². The molecule has 0 atom stereocenters. The Morgan fingerprint density at radius 3 is 1.61 bits per heavy atom. The summed E-state index contributed by atoms with van der Waals surface area (Å²) in [6, 6.07) is 0. The van der Waals surface area contributed by atoms with Crippen molar-refractivity contribution in [2.45, 2.75) is 58.5 Å². The van der Waals surface area contributed by atoms with Crippen LogP contribution in [0.1, 0.15) is 52.4 Å². The number of carbonyl (C=O) groups is 3. The van der Waals surface area contributed by atoms with E-state index in [0.717, 1.165) is 51.9 Å². The first-order valence-electron chi connectivity index (χ1n) is 8.44. The van der Waals surface area contributed by atoms with Crippen molar-refractivity contribution in [1.29, 1.82) is 0 Å².